The zero-order valence-corrected chi connectivity index (χ0v) is 13.0. The Kier molecular flexibility index (Phi) is 5.27. The van der Waals surface area contributed by atoms with Gasteiger partial charge >= 0.3 is 0 Å². The van der Waals surface area contributed by atoms with Crippen molar-refractivity contribution < 1.29 is 4.74 Å². The summed E-state index contributed by atoms with van der Waals surface area (Å²) in [6.45, 7) is 8.97. The van der Waals surface area contributed by atoms with Gasteiger partial charge in [0, 0.05) is 12.6 Å². The molecule has 2 aliphatic rings. The molecule has 3 heteroatoms. The first kappa shape index (κ1) is 15.3. The molecule has 3 N–H and O–H groups in total. The average molecular weight is 268 g/mol. The molecule has 3 nitrogen and oxygen atoms in total. The van der Waals surface area contributed by atoms with Crippen LogP contribution >= 0.6 is 0 Å². The van der Waals surface area contributed by atoms with Gasteiger partial charge in [-0.3, -0.25) is 11.3 Å². The van der Waals surface area contributed by atoms with Crippen LogP contribution in [0.1, 0.15) is 59.3 Å². The Morgan fingerprint density at radius 2 is 1.74 bits per heavy atom. The first-order valence-corrected chi connectivity index (χ1v) is 8.06. The lowest BCUT2D eigenvalue weighted by molar-refractivity contribution is 0.0187. The molecule has 1 saturated carbocycles. The molecule has 2 atom stereocenters. The molecule has 2 rings (SSSR count). The molecule has 0 bridgehead atoms. The van der Waals surface area contributed by atoms with Crippen molar-refractivity contribution in [2.45, 2.75) is 65.3 Å². The Morgan fingerprint density at radius 3 is 2.21 bits per heavy atom. The number of hydrazine groups is 1. The fourth-order valence-corrected chi connectivity index (χ4v) is 4.05. The predicted octanol–water partition coefficient (Wildman–Crippen LogP) is 3.10. The maximum Gasteiger partial charge on any atom is 0.0509 e. The number of hydrogen-bond acceptors (Lipinski definition) is 3. The summed E-state index contributed by atoms with van der Waals surface area (Å²) < 4.78 is 5.64. The zero-order valence-electron chi connectivity index (χ0n) is 13.0. The third kappa shape index (κ3) is 3.93. The fraction of sp³-hybridized carbons (Fsp3) is 1.00. The summed E-state index contributed by atoms with van der Waals surface area (Å²) in [6, 6.07) is 0.459. The summed E-state index contributed by atoms with van der Waals surface area (Å²) >= 11 is 0. The Bertz CT molecular complexity index is 260. The van der Waals surface area contributed by atoms with Crippen LogP contribution < -0.4 is 11.3 Å². The number of rotatable bonds is 3. The van der Waals surface area contributed by atoms with E-state index in [1.807, 2.05) is 0 Å². The van der Waals surface area contributed by atoms with E-state index in [-0.39, 0.29) is 0 Å². The van der Waals surface area contributed by atoms with Gasteiger partial charge in [-0.15, -0.1) is 0 Å². The third-order valence-corrected chi connectivity index (χ3v) is 5.40. The molecule has 0 aromatic carbocycles. The number of ether oxygens (including phenoxy) is 1. The number of nitrogens with two attached hydrogens (primary N) is 1. The fourth-order valence-electron chi connectivity index (χ4n) is 4.05. The number of hydrogen-bond donors (Lipinski definition) is 2. The van der Waals surface area contributed by atoms with Crippen molar-refractivity contribution in [3.63, 3.8) is 0 Å². The topological polar surface area (TPSA) is 47.3 Å². The minimum absolute atomic E-state index is 0.459. The molecule has 0 radical (unpaired) electrons. The molecule has 0 aromatic rings. The van der Waals surface area contributed by atoms with Crippen LogP contribution in [0.4, 0.5) is 0 Å². The molecule has 112 valence electrons. The first-order valence-electron chi connectivity index (χ1n) is 8.06. The van der Waals surface area contributed by atoms with E-state index < -0.39 is 0 Å². The molecule has 0 amide bonds. The second kappa shape index (κ2) is 6.55. The molecule has 1 aliphatic carbocycles. The first-order chi connectivity index (χ1) is 9.02. The molecule has 0 aromatic heterocycles. The highest BCUT2D eigenvalue weighted by atomic mass is 16.5. The summed E-state index contributed by atoms with van der Waals surface area (Å²) in [5.41, 5.74) is 3.58. The minimum atomic E-state index is 0.459. The molecule has 2 fully saturated rings. The SMILES string of the molecule is CC(C)(C)C1CCC(C(NN)C2CCCOC2)CC1. The molecule has 2 unspecified atom stereocenters. The van der Waals surface area contributed by atoms with Gasteiger partial charge in [-0.25, -0.2) is 0 Å². The molecular formula is C16H32N2O. The van der Waals surface area contributed by atoms with Crippen molar-refractivity contribution in [3.8, 4) is 0 Å². The molecule has 1 aliphatic heterocycles. The van der Waals surface area contributed by atoms with Crippen molar-refractivity contribution >= 4 is 0 Å². The maximum absolute atomic E-state index is 5.85. The van der Waals surface area contributed by atoms with Crippen molar-refractivity contribution in [1.82, 2.24) is 5.43 Å². The van der Waals surface area contributed by atoms with Crippen molar-refractivity contribution in [3.05, 3.63) is 0 Å². The lowest BCUT2D eigenvalue weighted by Gasteiger charge is -2.42. The van der Waals surface area contributed by atoms with Crippen LogP contribution in [0.3, 0.4) is 0 Å². The van der Waals surface area contributed by atoms with Gasteiger partial charge in [-0.1, -0.05) is 20.8 Å². The molecular weight excluding hydrogens is 236 g/mol. The van der Waals surface area contributed by atoms with Crippen molar-refractivity contribution in [1.29, 1.82) is 0 Å². The minimum Gasteiger partial charge on any atom is -0.381 e. The molecule has 19 heavy (non-hydrogen) atoms. The molecule has 1 saturated heterocycles. The second-order valence-electron chi connectivity index (χ2n) is 7.65. The van der Waals surface area contributed by atoms with Crippen LogP contribution in [0.25, 0.3) is 0 Å². The second-order valence-corrected chi connectivity index (χ2v) is 7.65. The van der Waals surface area contributed by atoms with E-state index in [9.17, 15) is 0 Å². The van der Waals surface area contributed by atoms with E-state index >= 15 is 0 Å². The summed E-state index contributed by atoms with van der Waals surface area (Å²) in [5, 5.41) is 0. The van der Waals surface area contributed by atoms with E-state index in [1.54, 1.807) is 0 Å². The van der Waals surface area contributed by atoms with Crippen LogP contribution in [0.5, 0.6) is 0 Å². The van der Waals surface area contributed by atoms with Crippen LogP contribution in [0.2, 0.25) is 0 Å². The van der Waals surface area contributed by atoms with Gasteiger partial charge in [0.15, 0.2) is 0 Å². The smallest absolute Gasteiger partial charge is 0.0509 e. The highest BCUT2D eigenvalue weighted by Crippen LogP contribution is 2.42. The van der Waals surface area contributed by atoms with Gasteiger partial charge in [0.1, 0.15) is 0 Å². The lowest BCUT2D eigenvalue weighted by atomic mass is 9.67. The Hall–Kier alpha value is -0.120. The van der Waals surface area contributed by atoms with Crippen molar-refractivity contribution in [2.75, 3.05) is 13.2 Å². The van der Waals surface area contributed by atoms with Crippen LogP contribution in [0.15, 0.2) is 0 Å². The summed E-state index contributed by atoms with van der Waals surface area (Å²) in [5.74, 6) is 8.09. The molecule has 0 spiro atoms. The standard InChI is InChI=1S/C16H32N2O/c1-16(2,3)14-8-6-12(7-9-14)15(18-17)13-5-4-10-19-11-13/h12-15,18H,4-11,17H2,1-3H3. The van der Waals surface area contributed by atoms with Gasteiger partial charge in [-0.05, 0) is 61.7 Å². The maximum atomic E-state index is 5.85. The van der Waals surface area contributed by atoms with E-state index in [0.29, 0.717) is 17.4 Å². The summed E-state index contributed by atoms with van der Waals surface area (Å²) in [7, 11) is 0. The number of nitrogens with one attached hydrogen (secondary N) is 1. The molecule has 1 heterocycles. The highest BCUT2D eigenvalue weighted by Gasteiger charge is 2.35. The van der Waals surface area contributed by atoms with E-state index in [4.69, 9.17) is 10.6 Å². The largest absolute Gasteiger partial charge is 0.381 e. The Morgan fingerprint density at radius 1 is 1.05 bits per heavy atom. The average Bonchev–Trinajstić information content (AvgIpc) is 2.40. The lowest BCUT2D eigenvalue weighted by Crippen LogP contribution is -2.49. The Labute approximate surface area is 118 Å². The van der Waals surface area contributed by atoms with Crippen LogP contribution in [-0.2, 0) is 4.74 Å². The van der Waals surface area contributed by atoms with E-state index in [2.05, 4.69) is 26.2 Å². The Balaban J connectivity index is 1.87. The van der Waals surface area contributed by atoms with E-state index in [1.165, 1.54) is 38.5 Å². The van der Waals surface area contributed by atoms with Gasteiger partial charge in [0.2, 0.25) is 0 Å². The summed E-state index contributed by atoms with van der Waals surface area (Å²) in [6.07, 6.45) is 7.84. The van der Waals surface area contributed by atoms with Crippen molar-refractivity contribution in [2.24, 2.45) is 29.0 Å². The van der Waals surface area contributed by atoms with Gasteiger partial charge in [0.25, 0.3) is 0 Å². The normalized spacial score (nSPS) is 35.1. The quantitative estimate of drug-likeness (QED) is 0.611. The van der Waals surface area contributed by atoms with Crippen LogP contribution in [-0.4, -0.2) is 19.3 Å². The van der Waals surface area contributed by atoms with Gasteiger partial charge in [0.05, 0.1) is 6.61 Å². The zero-order chi connectivity index (χ0) is 13.9. The highest BCUT2D eigenvalue weighted by molar-refractivity contribution is 4.88. The van der Waals surface area contributed by atoms with E-state index in [0.717, 1.165) is 25.0 Å². The predicted molar refractivity (Wildman–Crippen MR) is 79.6 cm³/mol. The van der Waals surface area contributed by atoms with Gasteiger partial charge in [-0.2, -0.15) is 0 Å². The van der Waals surface area contributed by atoms with Crippen LogP contribution in [0, 0.1) is 23.2 Å². The summed E-state index contributed by atoms with van der Waals surface area (Å²) in [4.78, 5) is 0. The van der Waals surface area contributed by atoms with Gasteiger partial charge < -0.3 is 4.74 Å². The third-order valence-electron chi connectivity index (χ3n) is 5.40. The monoisotopic (exact) mass is 268 g/mol.